The lowest BCUT2D eigenvalue weighted by Crippen LogP contribution is -2.09. The Labute approximate surface area is 114 Å². The summed E-state index contributed by atoms with van der Waals surface area (Å²) in [5.74, 6) is 2.59. The molecule has 0 atom stereocenters. The molecule has 0 unspecified atom stereocenters. The molecule has 2 rings (SSSR count). The molecule has 2 aromatic heterocycles. The van der Waals surface area contributed by atoms with Crippen LogP contribution < -0.4 is 5.32 Å². The number of aromatic nitrogens is 4. The van der Waals surface area contributed by atoms with Crippen LogP contribution in [0.25, 0.3) is 11.5 Å². The van der Waals surface area contributed by atoms with E-state index in [0.717, 1.165) is 48.2 Å². The minimum atomic E-state index is 0.768. The summed E-state index contributed by atoms with van der Waals surface area (Å²) >= 11 is 0. The maximum Gasteiger partial charge on any atom is 0.159 e. The summed E-state index contributed by atoms with van der Waals surface area (Å²) < 4.78 is 2.10. The molecule has 5 heteroatoms. The van der Waals surface area contributed by atoms with Crippen molar-refractivity contribution in [1.82, 2.24) is 19.5 Å². The SMILES string of the molecule is CCCNc1nc(C)nc(-c2nccn2CC)c1C. The first-order valence-corrected chi connectivity index (χ1v) is 6.78. The Balaban J connectivity index is 2.48. The van der Waals surface area contributed by atoms with Crippen molar-refractivity contribution >= 4 is 5.82 Å². The van der Waals surface area contributed by atoms with Gasteiger partial charge in [-0.15, -0.1) is 0 Å². The quantitative estimate of drug-likeness (QED) is 0.897. The molecule has 19 heavy (non-hydrogen) atoms. The lowest BCUT2D eigenvalue weighted by Gasteiger charge is -2.13. The molecule has 0 spiro atoms. The van der Waals surface area contributed by atoms with Gasteiger partial charge in [0.2, 0.25) is 0 Å². The van der Waals surface area contributed by atoms with E-state index in [-0.39, 0.29) is 0 Å². The van der Waals surface area contributed by atoms with Crippen LogP contribution in [-0.2, 0) is 6.54 Å². The highest BCUT2D eigenvalue weighted by Crippen LogP contribution is 2.24. The summed E-state index contributed by atoms with van der Waals surface area (Å²) in [5.41, 5.74) is 1.97. The van der Waals surface area contributed by atoms with E-state index in [2.05, 4.69) is 38.7 Å². The highest BCUT2D eigenvalue weighted by Gasteiger charge is 2.14. The Morgan fingerprint density at radius 1 is 1.21 bits per heavy atom. The average Bonchev–Trinajstić information content (AvgIpc) is 2.87. The topological polar surface area (TPSA) is 55.6 Å². The minimum Gasteiger partial charge on any atom is -0.370 e. The van der Waals surface area contributed by atoms with Crippen LogP contribution in [0.5, 0.6) is 0 Å². The highest BCUT2D eigenvalue weighted by molar-refractivity contribution is 5.63. The van der Waals surface area contributed by atoms with Gasteiger partial charge in [-0.2, -0.15) is 0 Å². The van der Waals surface area contributed by atoms with Gasteiger partial charge in [-0.25, -0.2) is 15.0 Å². The third kappa shape index (κ3) is 2.75. The van der Waals surface area contributed by atoms with Gasteiger partial charge < -0.3 is 9.88 Å². The van der Waals surface area contributed by atoms with Crippen molar-refractivity contribution in [3.63, 3.8) is 0 Å². The first-order chi connectivity index (χ1) is 9.17. The van der Waals surface area contributed by atoms with Gasteiger partial charge >= 0.3 is 0 Å². The lowest BCUT2D eigenvalue weighted by atomic mass is 10.2. The summed E-state index contributed by atoms with van der Waals surface area (Å²) in [6.07, 6.45) is 4.86. The van der Waals surface area contributed by atoms with Crippen LogP contribution in [0.1, 0.15) is 31.7 Å². The molecular weight excluding hydrogens is 238 g/mol. The number of imidazole rings is 1. The Hall–Kier alpha value is -1.91. The van der Waals surface area contributed by atoms with E-state index in [1.54, 1.807) is 0 Å². The molecule has 102 valence electrons. The fraction of sp³-hybridized carbons (Fsp3) is 0.500. The maximum absolute atomic E-state index is 4.56. The van der Waals surface area contributed by atoms with Gasteiger partial charge in [0.1, 0.15) is 17.3 Å². The van der Waals surface area contributed by atoms with Crippen LogP contribution in [0.15, 0.2) is 12.4 Å². The van der Waals surface area contributed by atoms with Crippen molar-refractivity contribution in [2.45, 2.75) is 40.7 Å². The Bertz CT molecular complexity index is 559. The number of nitrogens with zero attached hydrogens (tertiary/aromatic N) is 4. The summed E-state index contributed by atoms with van der Waals surface area (Å²) in [6.45, 7) is 10.0. The molecule has 5 nitrogen and oxygen atoms in total. The van der Waals surface area contributed by atoms with Gasteiger partial charge in [-0.05, 0) is 27.2 Å². The van der Waals surface area contributed by atoms with Crippen LogP contribution >= 0.6 is 0 Å². The van der Waals surface area contributed by atoms with Crippen molar-refractivity contribution in [2.75, 3.05) is 11.9 Å². The van der Waals surface area contributed by atoms with E-state index in [4.69, 9.17) is 0 Å². The zero-order chi connectivity index (χ0) is 13.8. The average molecular weight is 259 g/mol. The van der Waals surface area contributed by atoms with E-state index >= 15 is 0 Å². The van der Waals surface area contributed by atoms with E-state index in [9.17, 15) is 0 Å². The molecular formula is C14H21N5. The predicted molar refractivity (Wildman–Crippen MR) is 77.2 cm³/mol. The molecule has 0 radical (unpaired) electrons. The van der Waals surface area contributed by atoms with Gasteiger partial charge in [0.15, 0.2) is 5.82 Å². The van der Waals surface area contributed by atoms with Crippen LogP contribution in [0.3, 0.4) is 0 Å². The molecule has 0 bridgehead atoms. The monoisotopic (exact) mass is 259 g/mol. The second kappa shape index (κ2) is 5.82. The number of hydrogen-bond donors (Lipinski definition) is 1. The number of anilines is 1. The molecule has 0 amide bonds. The fourth-order valence-electron chi connectivity index (χ4n) is 2.04. The van der Waals surface area contributed by atoms with Crippen LogP contribution in [0.4, 0.5) is 5.82 Å². The predicted octanol–water partition coefficient (Wildman–Crippen LogP) is 2.80. The third-order valence-electron chi connectivity index (χ3n) is 3.07. The second-order valence-corrected chi connectivity index (χ2v) is 4.56. The molecule has 0 aromatic carbocycles. The summed E-state index contributed by atoms with van der Waals surface area (Å²) in [7, 11) is 0. The summed E-state index contributed by atoms with van der Waals surface area (Å²) in [6, 6.07) is 0. The Kier molecular flexibility index (Phi) is 4.14. The van der Waals surface area contributed by atoms with Gasteiger partial charge in [-0.1, -0.05) is 6.92 Å². The molecule has 0 aliphatic rings. The smallest absolute Gasteiger partial charge is 0.159 e. The first-order valence-electron chi connectivity index (χ1n) is 6.78. The van der Waals surface area contributed by atoms with Crippen molar-refractivity contribution in [1.29, 1.82) is 0 Å². The molecule has 1 N–H and O–H groups in total. The van der Waals surface area contributed by atoms with Crippen molar-refractivity contribution < 1.29 is 0 Å². The van der Waals surface area contributed by atoms with Gasteiger partial charge in [0, 0.05) is 31.0 Å². The molecule has 0 fully saturated rings. The summed E-state index contributed by atoms with van der Waals surface area (Å²) in [4.78, 5) is 13.5. The molecule has 2 heterocycles. The number of rotatable bonds is 5. The third-order valence-corrected chi connectivity index (χ3v) is 3.07. The molecule has 0 saturated carbocycles. The van der Waals surface area contributed by atoms with Gasteiger partial charge in [0.25, 0.3) is 0 Å². The van der Waals surface area contributed by atoms with Crippen LogP contribution in [-0.4, -0.2) is 26.1 Å². The van der Waals surface area contributed by atoms with Crippen molar-refractivity contribution in [3.8, 4) is 11.5 Å². The van der Waals surface area contributed by atoms with Crippen LogP contribution in [0.2, 0.25) is 0 Å². The number of nitrogens with one attached hydrogen (secondary N) is 1. The highest BCUT2D eigenvalue weighted by atomic mass is 15.1. The van der Waals surface area contributed by atoms with E-state index in [0.29, 0.717) is 0 Å². The number of hydrogen-bond acceptors (Lipinski definition) is 4. The number of aryl methyl sites for hydroxylation is 2. The second-order valence-electron chi connectivity index (χ2n) is 4.56. The van der Waals surface area contributed by atoms with Gasteiger partial charge in [0.05, 0.1) is 0 Å². The standard InChI is InChI=1S/C14H21N5/c1-5-7-15-13-10(3)12(17-11(4)18-13)14-16-8-9-19(14)6-2/h8-9H,5-7H2,1-4H3,(H,15,17,18). The van der Waals surface area contributed by atoms with Crippen molar-refractivity contribution in [3.05, 3.63) is 23.8 Å². The molecule has 0 saturated heterocycles. The van der Waals surface area contributed by atoms with Crippen LogP contribution in [0, 0.1) is 13.8 Å². The fourth-order valence-corrected chi connectivity index (χ4v) is 2.04. The molecule has 0 aliphatic carbocycles. The van der Waals surface area contributed by atoms with E-state index in [1.165, 1.54) is 0 Å². The zero-order valence-electron chi connectivity index (χ0n) is 12.1. The first kappa shape index (κ1) is 13.5. The Morgan fingerprint density at radius 2 is 2.00 bits per heavy atom. The van der Waals surface area contributed by atoms with Gasteiger partial charge in [-0.3, -0.25) is 0 Å². The van der Waals surface area contributed by atoms with E-state index < -0.39 is 0 Å². The largest absolute Gasteiger partial charge is 0.370 e. The molecule has 0 aliphatic heterocycles. The normalized spacial score (nSPS) is 10.7. The maximum atomic E-state index is 4.56. The summed E-state index contributed by atoms with van der Waals surface area (Å²) in [5, 5.41) is 3.36. The van der Waals surface area contributed by atoms with Crippen molar-refractivity contribution in [2.24, 2.45) is 0 Å². The zero-order valence-corrected chi connectivity index (χ0v) is 12.1. The minimum absolute atomic E-state index is 0.768. The molecule has 2 aromatic rings. The Morgan fingerprint density at radius 3 is 2.68 bits per heavy atom. The van der Waals surface area contributed by atoms with E-state index in [1.807, 2.05) is 26.2 Å². The lowest BCUT2D eigenvalue weighted by molar-refractivity contribution is 0.765.